The summed E-state index contributed by atoms with van der Waals surface area (Å²) < 4.78 is 33.0. The quantitative estimate of drug-likeness (QED) is 0.895. The monoisotopic (exact) mass is 346 g/mol. The van der Waals surface area contributed by atoms with Gasteiger partial charge in [-0.2, -0.15) is 0 Å². The molecule has 0 unspecified atom stereocenters. The average molecular weight is 346 g/mol. The van der Waals surface area contributed by atoms with E-state index in [1.165, 1.54) is 6.07 Å². The van der Waals surface area contributed by atoms with Crippen LogP contribution in [0, 0.1) is 13.8 Å². The van der Waals surface area contributed by atoms with Crippen molar-refractivity contribution in [2.45, 2.75) is 31.8 Å². The van der Waals surface area contributed by atoms with Gasteiger partial charge in [0.15, 0.2) is 6.10 Å². The van der Waals surface area contributed by atoms with E-state index < -0.39 is 16.1 Å². The van der Waals surface area contributed by atoms with E-state index in [1.54, 1.807) is 37.3 Å². The van der Waals surface area contributed by atoms with Gasteiger partial charge in [-0.1, -0.05) is 6.07 Å². The van der Waals surface area contributed by atoms with Crippen LogP contribution in [-0.2, 0) is 14.8 Å². The van der Waals surface area contributed by atoms with Crippen molar-refractivity contribution in [3.8, 4) is 5.75 Å². The molecule has 1 aliphatic heterocycles. The van der Waals surface area contributed by atoms with Crippen molar-refractivity contribution in [3.05, 3.63) is 47.5 Å². The fraction of sp³-hybridized carbons (Fsp3) is 0.235. The van der Waals surface area contributed by atoms with E-state index in [4.69, 9.17) is 4.74 Å². The Balaban J connectivity index is 1.89. The van der Waals surface area contributed by atoms with Gasteiger partial charge in [0.1, 0.15) is 5.75 Å². The molecule has 1 atom stereocenters. The molecule has 0 bridgehead atoms. The van der Waals surface area contributed by atoms with E-state index in [0.29, 0.717) is 17.1 Å². The lowest BCUT2D eigenvalue weighted by Gasteiger charge is -2.23. The lowest BCUT2D eigenvalue weighted by Crippen LogP contribution is -2.34. The minimum atomic E-state index is -3.71. The van der Waals surface area contributed by atoms with E-state index in [1.807, 2.05) is 13.8 Å². The average Bonchev–Trinajstić information content (AvgIpc) is 2.51. The molecule has 7 heteroatoms. The Bertz CT molecular complexity index is 922. The highest BCUT2D eigenvalue weighted by Crippen LogP contribution is 2.32. The second-order valence-electron chi connectivity index (χ2n) is 5.81. The highest BCUT2D eigenvalue weighted by atomic mass is 32.2. The molecule has 0 radical (unpaired) electrons. The van der Waals surface area contributed by atoms with Crippen molar-refractivity contribution in [3.63, 3.8) is 0 Å². The van der Waals surface area contributed by atoms with Crippen molar-refractivity contribution < 1.29 is 17.9 Å². The Morgan fingerprint density at radius 3 is 2.54 bits per heavy atom. The van der Waals surface area contributed by atoms with Crippen LogP contribution in [-0.4, -0.2) is 20.4 Å². The van der Waals surface area contributed by atoms with E-state index in [2.05, 4.69) is 10.0 Å². The number of aryl methyl sites for hydroxylation is 2. The highest BCUT2D eigenvalue weighted by molar-refractivity contribution is 7.92. The van der Waals surface area contributed by atoms with Gasteiger partial charge in [0.2, 0.25) is 0 Å². The van der Waals surface area contributed by atoms with Gasteiger partial charge in [0.05, 0.1) is 16.3 Å². The second-order valence-corrected chi connectivity index (χ2v) is 7.49. The van der Waals surface area contributed by atoms with Crippen LogP contribution in [0.15, 0.2) is 41.3 Å². The zero-order chi connectivity index (χ0) is 17.5. The maximum Gasteiger partial charge on any atom is 0.265 e. The highest BCUT2D eigenvalue weighted by Gasteiger charge is 2.24. The summed E-state index contributed by atoms with van der Waals surface area (Å²) in [5, 5.41) is 2.69. The van der Waals surface area contributed by atoms with Gasteiger partial charge < -0.3 is 10.1 Å². The van der Waals surface area contributed by atoms with Crippen molar-refractivity contribution >= 4 is 27.3 Å². The number of hydrogen-bond donors (Lipinski definition) is 2. The van der Waals surface area contributed by atoms with Crippen molar-refractivity contribution in [2.24, 2.45) is 0 Å². The van der Waals surface area contributed by atoms with Gasteiger partial charge in [0, 0.05) is 0 Å². The molecule has 126 valence electrons. The number of carbonyl (C=O) groups is 1. The Kier molecular flexibility index (Phi) is 3.96. The number of carbonyl (C=O) groups excluding carboxylic acids is 1. The third-order valence-corrected chi connectivity index (χ3v) is 5.33. The summed E-state index contributed by atoms with van der Waals surface area (Å²) in [5.41, 5.74) is 2.72. The van der Waals surface area contributed by atoms with E-state index in [-0.39, 0.29) is 10.8 Å². The van der Waals surface area contributed by atoms with Crippen molar-refractivity contribution in [1.82, 2.24) is 0 Å². The molecule has 0 aromatic heterocycles. The van der Waals surface area contributed by atoms with Crippen molar-refractivity contribution in [1.29, 1.82) is 0 Å². The fourth-order valence-corrected chi connectivity index (χ4v) is 3.50. The number of nitrogens with one attached hydrogen (secondary N) is 2. The third kappa shape index (κ3) is 3.07. The summed E-state index contributed by atoms with van der Waals surface area (Å²) in [6, 6.07) is 9.73. The third-order valence-electron chi connectivity index (χ3n) is 3.95. The molecule has 2 aromatic carbocycles. The zero-order valence-corrected chi connectivity index (χ0v) is 14.4. The molecule has 2 N–H and O–H groups in total. The minimum absolute atomic E-state index is 0.192. The molecule has 3 rings (SSSR count). The molecule has 1 heterocycles. The number of fused-ring (bicyclic) bond motifs is 1. The van der Waals surface area contributed by atoms with Gasteiger partial charge in [-0.05, 0) is 62.2 Å². The molecule has 0 saturated carbocycles. The van der Waals surface area contributed by atoms with Crippen LogP contribution in [0.1, 0.15) is 18.1 Å². The molecule has 0 fully saturated rings. The van der Waals surface area contributed by atoms with Crippen LogP contribution in [0.4, 0.5) is 11.4 Å². The van der Waals surface area contributed by atoms with Gasteiger partial charge in [-0.15, -0.1) is 0 Å². The van der Waals surface area contributed by atoms with Crippen LogP contribution in [0.2, 0.25) is 0 Å². The second kappa shape index (κ2) is 5.83. The molecule has 1 amide bonds. The predicted octanol–water partition coefficient (Wildman–Crippen LogP) is 2.82. The number of anilines is 2. The Morgan fingerprint density at radius 1 is 1.08 bits per heavy atom. The summed E-state index contributed by atoms with van der Waals surface area (Å²) in [5.74, 6) is 0.243. The molecule has 0 spiro atoms. The SMILES string of the molecule is Cc1ccc(S(=O)(=O)Nc2ccc3c(c2)NC(=O)[C@H](C)O3)cc1C. The van der Waals surface area contributed by atoms with Crippen LogP contribution in [0.25, 0.3) is 0 Å². The topological polar surface area (TPSA) is 84.5 Å². The summed E-state index contributed by atoms with van der Waals surface area (Å²) in [4.78, 5) is 11.9. The molecule has 1 aliphatic rings. The maximum atomic E-state index is 12.5. The first-order valence-corrected chi connectivity index (χ1v) is 8.96. The minimum Gasteiger partial charge on any atom is -0.479 e. The van der Waals surface area contributed by atoms with Crippen LogP contribution in [0.3, 0.4) is 0 Å². The van der Waals surface area contributed by atoms with E-state index in [9.17, 15) is 13.2 Å². The molecular weight excluding hydrogens is 328 g/mol. The van der Waals surface area contributed by atoms with E-state index in [0.717, 1.165) is 11.1 Å². The lowest BCUT2D eigenvalue weighted by molar-refractivity contribution is -0.122. The van der Waals surface area contributed by atoms with Gasteiger partial charge in [-0.25, -0.2) is 8.42 Å². The Hall–Kier alpha value is -2.54. The summed E-state index contributed by atoms with van der Waals surface area (Å²) in [7, 11) is -3.71. The number of benzene rings is 2. The number of rotatable bonds is 3. The summed E-state index contributed by atoms with van der Waals surface area (Å²) in [6.07, 6.45) is -0.574. The first-order chi connectivity index (χ1) is 11.3. The Labute approximate surface area is 140 Å². The van der Waals surface area contributed by atoms with E-state index >= 15 is 0 Å². The van der Waals surface area contributed by atoms with Crippen LogP contribution < -0.4 is 14.8 Å². The van der Waals surface area contributed by atoms with Crippen molar-refractivity contribution in [2.75, 3.05) is 10.0 Å². The standard InChI is InChI=1S/C17H18N2O4S/c1-10-4-6-14(8-11(10)2)24(21,22)19-13-5-7-16-15(9-13)18-17(20)12(3)23-16/h4-9,12,19H,1-3H3,(H,18,20)/t12-/m0/s1. The molecule has 6 nitrogen and oxygen atoms in total. The molecule has 24 heavy (non-hydrogen) atoms. The van der Waals surface area contributed by atoms with Crippen LogP contribution >= 0.6 is 0 Å². The molecule has 0 saturated heterocycles. The predicted molar refractivity (Wildman–Crippen MR) is 91.9 cm³/mol. The number of ether oxygens (including phenoxy) is 1. The maximum absolute atomic E-state index is 12.5. The number of sulfonamides is 1. The first kappa shape index (κ1) is 16.3. The van der Waals surface area contributed by atoms with Gasteiger partial charge in [0.25, 0.3) is 15.9 Å². The lowest BCUT2D eigenvalue weighted by atomic mass is 10.1. The first-order valence-electron chi connectivity index (χ1n) is 7.48. The fourth-order valence-electron chi connectivity index (χ4n) is 2.37. The zero-order valence-electron chi connectivity index (χ0n) is 13.6. The normalized spacial score (nSPS) is 16.8. The summed E-state index contributed by atoms with van der Waals surface area (Å²) >= 11 is 0. The Morgan fingerprint density at radius 2 is 1.83 bits per heavy atom. The van der Waals surface area contributed by atoms with Gasteiger partial charge >= 0.3 is 0 Å². The van der Waals surface area contributed by atoms with Gasteiger partial charge in [-0.3, -0.25) is 9.52 Å². The largest absolute Gasteiger partial charge is 0.479 e. The summed E-state index contributed by atoms with van der Waals surface area (Å²) in [6.45, 7) is 5.43. The molecule has 2 aromatic rings. The number of hydrogen-bond acceptors (Lipinski definition) is 4. The van der Waals surface area contributed by atoms with Crippen LogP contribution in [0.5, 0.6) is 5.75 Å². The number of amides is 1. The molecular formula is C17H18N2O4S. The smallest absolute Gasteiger partial charge is 0.265 e. The molecule has 0 aliphatic carbocycles.